The van der Waals surface area contributed by atoms with Gasteiger partial charge in [-0.05, 0) is 37.7 Å². The van der Waals surface area contributed by atoms with Crippen molar-refractivity contribution in [1.82, 2.24) is 25.5 Å². The molecular weight excluding hydrogens is 499 g/mol. The number of anilines is 2. The molecule has 9 nitrogen and oxygen atoms in total. The van der Waals surface area contributed by atoms with E-state index < -0.39 is 11.4 Å². The number of halogens is 1. The predicted molar refractivity (Wildman–Crippen MR) is 146 cm³/mol. The number of fused-ring (bicyclic) bond motifs is 1. The van der Waals surface area contributed by atoms with Crippen molar-refractivity contribution in [3.63, 3.8) is 0 Å². The van der Waals surface area contributed by atoms with E-state index in [0.717, 1.165) is 12.2 Å². The first kappa shape index (κ1) is 26.0. The van der Waals surface area contributed by atoms with Gasteiger partial charge in [-0.3, -0.25) is 14.6 Å². The molecule has 2 aliphatic rings. The largest absolute Gasteiger partial charge is 0.492 e. The molecular formula is C29H29FN6O3. The maximum atomic E-state index is 14.5. The zero-order valence-electron chi connectivity index (χ0n) is 21.8. The van der Waals surface area contributed by atoms with Crippen LogP contribution in [0.1, 0.15) is 28.0 Å². The van der Waals surface area contributed by atoms with Gasteiger partial charge in [-0.2, -0.15) is 0 Å². The normalized spacial score (nSPS) is 18.4. The number of pyridine rings is 1. The van der Waals surface area contributed by atoms with Crippen LogP contribution in [0.3, 0.4) is 0 Å². The number of nitrogens with zero attached hydrogens (tertiary/aromatic N) is 2. The zero-order chi connectivity index (χ0) is 27.6. The Bertz CT molecular complexity index is 1520. The number of likely N-dealkylation sites (N-methyl/N-ethyl adjacent to an activating group) is 1. The Labute approximate surface area is 225 Å². The highest BCUT2D eigenvalue weighted by Gasteiger charge is 2.36. The van der Waals surface area contributed by atoms with E-state index in [1.807, 2.05) is 13.1 Å². The number of nitrogens with one attached hydrogen (secondary N) is 4. The van der Waals surface area contributed by atoms with Crippen LogP contribution in [0.2, 0.25) is 0 Å². The predicted octanol–water partition coefficient (Wildman–Crippen LogP) is 2.98. The van der Waals surface area contributed by atoms with Gasteiger partial charge in [-0.25, -0.2) is 4.39 Å². The molecule has 0 radical (unpaired) electrons. The molecule has 200 valence electrons. The Morgan fingerprint density at radius 3 is 2.95 bits per heavy atom. The molecule has 2 aromatic heterocycles. The van der Waals surface area contributed by atoms with Crippen molar-refractivity contribution in [2.24, 2.45) is 0 Å². The van der Waals surface area contributed by atoms with Crippen LogP contribution in [0, 0.1) is 17.7 Å². The van der Waals surface area contributed by atoms with Gasteiger partial charge < -0.3 is 30.6 Å². The van der Waals surface area contributed by atoms with Crippen LogP contribution in [0.25, 0.3) is 11.3 Å². The molecule has 4 N–H and O–H groups in total. The van der Waals surface area contributed by atoms with Crippen molar-refractivity contribution < 1.29 is 18.7 Å². The Balaban J connectivity index is 1.63. The van der Waals surface area contributed by atoms with E-state index in [1.54, 1.807) is 24.5 Å². The number of aromatic amines is 1. The maximum absolute atomic E-state index is 14.5. The molecule has 2 aliphatic heterocycles. The summed E-state index contributed by atoms with van der Waals surface area (Å²) in [5, 5.41) is 9.12. The fourth-order valence-corrected chi connectivity index (χ4v) is 5.08. The summed E-state index contributed by atoms with van der Waals surface area (Å²) in [6.07, 6.45) is 5.80. The average Bonchev–Trinajstić information content (AvgIpc) is 3.48. The third kappa shape index (κ3) is 5.09. The Hall–Kier alpha value is -4.62. The topological polar surface area (TPSA) is 111 Å². The smallest absolute Gasteiger partial charge is 0.255 e. The lowest BCUT2D eigenvalue weighted by Gasteiger charge is -2.23. The molecule has 5 rings (SSSR count). The van der Waals surface area contributed by atoms with Gasteiger partial charge in [0.25, 0.3) is 5.91 Å². The van der Waals surface area contributed by atoms with Crippen LogP contribution >= 0.6 is 0 Å². The van der Waals surface area contributed by atoms with E-state index in [9.17, 15) is 14.0 Å². The molecule has 0 spiro atoms. The van der Waals surface area contributed by atoms with Crippen molar-refractivity contribution in [2.75, 3.05) is 39.1 Å². The quantitative estimate of drug-likeness (QED) is 0.289. The molecule has 4 heterocycles. The van der Waals surface area contributed by atoms with Crippen molar-refractivity contribution >= 4 is 23.2 Å². The van der Waals surface area contributed by atoms with Gasteiger partial charge in [0.2, 0.25) is 5.91 Å². The number of amides is 2. The zero-order valence-corrected chi connectivity index (χ0v) is 21.8. The number of hydrogen-bond acceptors (Lipinski definition) is 6. The lowest BCUT2D eigenvalue weighted by molar-refractivity contribution is -0.117. The van der Waals surface area contributed by atoms with E-state index >= 15 is 0 Å². The summed E-state index contributed by atoms with van der Waals surface area (Å²) >= 11 is 0. The Morgan fingerprint density at radius 2 is 2.21 bits per heavy atom. The summed E-state index contributed by atoms with van der Waals surface area (Å²) < 4.78 is 19.8. The van der Waals surface area contributed by atoms with E-state index in [0.29, 0.717) is 59.7 Å². The van der Waals surface area contributed by atoms with Crippen LogP contribution in [0.4, 0.5) is 15.8 Å². The number of likely N-dealkylation sites (tertiary alicyclic amines) is 1. The summed E-state index contributed by atoms with van der Waals surface area (Å²) in [4.78, 5) is 35.0. The number of para-hydroxylation sites is 1. The van der Waals surface area contributed by atoms with Crippen LogP contribution in [0.5, 0.6) is 5.75 Å². The molecule has 3 aromatic rings. The highest BCUT2D eigenvalue weighted by atomic mass is 19.1. The minimum absolute atomic E-state index is 0.0367. The van der Waals surface area contributed by atoms with Crippen LogP contribution in [0.15, 0.2) is 49.3 Å². The molecule has 1 fully saturated rings. The lowest BCUT2D eigenvalue weighted by Crippen LogP contribution is -2.48. The summed E-state index contributed by atoms with van der Waals surface area (Å²) in [5.41, 5.74) is 3.25. The molecule has 0 unspecified atom stereocenters. The molecule has 0 aliphatic carbocycles. The minimum atomic E-state index is -0.738. The molecule has 10 heteroatoms. The number of ether oxygens (including phenoxy) is 1. The summed E-state index contributed by atoms with van der Waals surface area (Å²) in [6.45, 7) is 5.41. The Kier molecular flexibility index (Phi) is 7.09. The molecule has 0 saturated carbocycles. The fraction of sp³-hybridized carbons (Fsp3) is 0.276. The van der Waals surface area contributed by atoms with Gasteiger partial charge in [-0.15, -0.1) is 0 Å². The van der Waals surface area contributed by atoms with Gasteiger partial charge in [0.1, 0.15) is 5.54 Å². The summed E-state index contributed by atoms with van der Waals surface area (Å²) in [6, 6.07) is 6.37. The number of rotatable bonds is 6. The third-order valence-corrected chi connectivity index (χ3v) is 6.93. The van der Waals surface area contributed by atoms with Gasteiger partial charge in [0.15, 0.2) is 11.6 Å². The highest BCUT2D eigenvalue weighted by molar-refractivity contribution is 6.06. The van der Waals surface area contributed by atoms with Crippen molar-refractivity contribution in [3.05, 3.63) is 72.0 Å². The number of carbonyl (C=O) groups excluding carboxylic acids is 2. The van der Waals surface area contributed by atoms with E-state index in [4.69, 9.17) is 4.74 Å². The lowest BCUT2D eigenvalue weighted by atomic mass is 9.97. The number of aromatic nitrogens is 2. The molecule has 1 saturated heterocycles. The number of methoxy groups -OCH3 is 1. The highest BCUT2D eigenvalue weighted by Crippen LogP contribution is 2.40. The molecule has 1 atom stereocenters. The first-order valence-electron chi connectivity index (χ1n) is 12.6. The first-order chi connectivity index (χ1) is 18.8. The van der Waals surface area contributed by atoms with Crippen molar-refractivity contribution in [2.45, 2.75) is 18.4 Å². The van der Waals surface area contributed by atoms with Crippen LogP contribution < -0.4 is 20.7 Å². The van der Waals surface area contributed by atoms with Gasteiger partial charge >= 0.3 is 0 Å². The second-order valence-electron chi connectivity index (χ2n) is 9.61. The SMILES string of the molecule is C=CC(=O)N[C@]1(C#Cc2cnccc2-c2[nH]c3c(c2Nc2cccc(F)c2OC)C(=O)NCC3)CCN(C)C1. The van der Waals surface area contributed by atoms with Gasteiger partial charge in [0.05, 0.1) is 35.3 Å². The fourth-order valence-electron chi connectivity index (χ4n) is 5.08. The summed E-state index contributed by atoms with van der Waals surface area (Å²) in [7, 11) is 3.37. The van der Waals surface area contributed by atoms with Crippen LogP contribution in [-0.4, -0.2) is 66.0 Å². The average molecular weight is 529 g/mol. The standard InChI is InChI=1S/C29H29FN6O3/c1-4-23(37)35-29(12-15-36(2)17-29)11-8-18-16-31-13-9-19(18)25-26(24-21(33-25)10-14-32-28(24)38)34-22-7-5-6-20(30)27(22)39-3/h4-7,9,13,16,33-34H,1,10,12,14-15,17H2,2-3H3,(H,32,38)(H,35,37)/t29-/m1/s1. The number of carbonyl (C=O) groups is 2. The monoisotopic (exact) mass is 528 g/mol. The van der Waals surface area contributed by atoms with Gasteiger partial charge in [-0.1, -0.05) is 24.5 Å². The maximum Gasteiger partial charge on any atom is 0.255 e. The number of hydrogen-bond donors (Lipinski definition) is 4. The number of H-pyrrole nitrogens is 1. The minimum Gasteiger partial charge on any atom is -0.492 e. The summed E-state index contributed by atoms with van der Waals surface area (Å²) in [5.74, 6) is 5.51. The number of benzene rings is 1. The van der Waals surface area contributed by atoms with Crippen molar-refractivity contribution in [1.29, 1.82) is 0 Å². The van der Waals surface area contributed by atoms with E-state index in [1.165, 1.54) is 19.3 Å². The van der Waals surface area contributed by atoms with Crippen molar-refractivity contribution in [3.8, 4) is 28.8 Å². The molecule has 39 heavy (non-hydrogen) atoms. The molecule has 0 bridgehead atoms. The Morgan fingerprint density at radius 1 is 1.36 bits per heavy atom. The van der Waals surface area contributed by atoms with Crippen LogP contribution in [-0.2, 0) is 11.2 Å². The molecule has 2 amide bonds. The molecule has 1 aromatic carbocycles. The van der Waals surface area contributed by atoms with E-state index in [-0.39, 0.29) is 17.6 Å². The second-order valence-corrected chi connectivity index (χ2v) is 9.61. The van der Waals surface area contributed by atoms with Gasteiger partial charge in [0, 0.05) is 49.7 Å². The third-order valence-electron chi connectivity index (χ3n) is 6.93. The second kappa shape index (κ2) is 10.6. The first-order valence-corrected chi connectivity index (χ1v) is 12.6. The van der Waals surface area contributed by atoms with E-state index in [2.05, 4.69) is 49.2 Å².